The van der Waals surface area contributed by atoms with E-state index >= 15 is 0 Å². The molecule has 0 atom stereocenters. The Morgan fingerprint density at radius 1 is 1.58 bits per heavy atom. The van der Waals surface area contributed by atoms with Crippen molar-refractivity contribution < 1.29 is 9.90 Å². The zero-order valence-corrected chi connectivity index (χ0v) is 7.91. The Bertz CT molecular complexity index is 271. The van der Waals surface area contributed by atoms with E-state index in [9.17, 15) is 4.79 Å². The van der Waals surface area contributed by atoms with Gasteiger partial charge in [0.1, 0.15) is 4.60 Å². The first-order valence-corrected chi connectivity index (χ1v) is 4.30. The van der Waals surface area contributed by atoms with E-state index in [0.717, 1.165) is 10.2 Å². The van der Waals surface area contributed by atoms with Crippen LogP contribution in [0.3, 0.4) is 0 Å². The zero-order valence-electron chi connectivity index (χ0n) is 6.33. The third-order valence-corrected chi connectivity index (χ3v) is 1.89. The van der Waals surface area contributed by atoms with Crippen LogP contribution in [0.4, 0.5) is 0 Å². The third kappa shape index (κ3) is 3.00. The van der Waals surface area contributed by atoms with Gasteiger partial charge >= 0.3 is 5.97 Å². The summed E-state index contributed by atoms with van der Waals surface area (Å²) in [6.45, 7) is 0. The highest BCUT2D eigenvalue weighted by atomic mass is 79.9. The summed E-state index contributed by atoms with van der Waals surface area (Å²) >= 11 is 3.20. The number of aryl methyl sites for hydroxylation is 1. The van der Waals surface area contributed by atoms with Crippen molar-refractivity contribution in [3.8, 4) is 0 Å². The summed E-state index contributed by atoms with van der Waals surface area (Å²) in [7, 11) is 0. The molecule has 0 aliphatic heterocycles. The van der Waals surface area contributed by atoms with Crippen LogP contribution < -0.4 is 0 Å². The lowest BCUT2D eigenvalue weighted by atomic mass is 10.2. The van der Waals surface area contributed by atoms with Crippen LogP contribution in [-0.4, -0.2) is 16.1 Å². The molecule has 12 heavy (non-hydrogen) atoms. The predicted octanol–water partition coefficient (Wildman–Crippen LogP) is 1.86. The number of pyridine rings is 1. The predicted molar refractivity (Wildman–Crippen MR) is 47.9 cm³/mol. The van der Waals surface area contributed by atoms with Crippen LogP contribution in [0.2, 0.25) is 0 Å². The van der Waals surface area contributed by atoms with Crippen molar-refractivity contribution in [3.05, 3.63) is 28.5 Å². The zero-order chi connectivity index (χ0) is 8.97. The average molecular weight is 230 g/mol. The largest absolute Gasteiger partial charge is 0.481 e. The molecule has 0 aliphatic rings. The fraction of sp³-hybridized carbons (Fsp3) is 0.250. The van der Waals surface area contributed by atoms with Crippen molar-refractivity contribution in [2.45, 2.75) is 12.8 Å². The number of rotatable bonds is 3. The first-order valence-electron chi connectivity index (χ1n) is 3.50. The summed E-state index contributed by atoms with van der Waals surface area (Å²) in [5, 5.41) is 8.40. The van der Waals surface area contributed by atoms with Gasteiger partial charge in [0.05, 0.1) is 0 Å². The highest BCUT2D eigenvalue weighted by Gasteiger charge is 1.98. The molecule has 3 nitrogen and oxygen atoms in total. The summed E-state index contributed by atoms with van der Waals surface area (Å²) in [5.74, 6) is -0.780. The lowest BCUT2D eigenvalue weighted by molar-refractivity contribution is -0.136. The van der Waals surface area contributed by atoms with E-state index < -0.39 is 5.97 Å². The smallest absolute Gasteiger partial charge is 0.303 e. The van der Waals surface area contributed by atoms with Gasteiger partial charge in [-0.05, 0) is 34.0 Å². The van der Waals surface area contributed by atoms with Gasteiger partial charge in [-0.15, -0.1) is 0 Å². The van der Waals surface area contributed by atoms with E-state index in [1.54, 1.807) is 12.3 Å². The molecule has 0 saturated heterocycles. The van der Waals surface area contributed by atoms with E-state index in [1.807, 2.05) is 6.07 Å². The van der Waals surface area contributed by atoms with E-state index in [1.165, 1.54) is 0 Å². The van der Waals surface area contributed by atoms with Crippen molar-refractivity contribution >= 4 is 21.9 Å². The summed E-state index contributed by atoms with van der Waals surface area (Å²) in [6.07, 6.45) is 2.37. The molecule has 1 rings (SSSR count). The maximum absolute atomic E-state index is 10.2. The van der Waals surface area contributed by atoms with E-state index in [2.05, 4.69) is 20.9 Å². The number of halogens is 1. The molecule has 64 valence electrons. The van der Waals surface area contributed by atoms with Crippen LogP contribution in [0.5, 0.6) is 0 Å². The number of nitrogens with zero attached hydrogens (tertiary/aromatic N) is 1. The van der Waals surface area contributed by atoms with Crippen molar-refractivity contribution in [2.75, 3.05) is 0 Å². The van der Waals surface area contributed by atoms with Crippen LogP contribution in [0.15, 0.2) is 22.9 Å². The highest BCUT2D eigenvalue weighted by Crippen LogP contribution is 2.07. The van der Waals surface area contributed by atoms with E-state index in [4.69, 9.17) is 5.11 Å². The quantitative estimate of drug-likeness (QED) is 0.806. The van der Waals surface area contributed by atoms with Gasteiger partial charge < -0.3 is 5.11 Å². The number of carboxylic acids is 1. The fourth-order valence-electron chi connectivity index (χ4n) is 0.806. The lowest BCUT2D eigenvalue weighted by Crippen LogP contribution is -1.97. The molecule has 1 heterocycles. The number of hydrogen-bond donors (Lipinski definition) is 1. The lowest BCUT2D eigenvalue weighted by Gasteiger charge is -1.96. The average Bonchev–Trinajstić information content (AvgIpc) is 2.03. The highest BCUT2D eigenvalue weighted by molar-refractivity contribution is 9.10. The Kier molecular flexibility index (Phi) is 3.22. The minimum Gasteiger partial charge on any atom is -0.481 e. The molecular weight excluding hydrogens is 222 g/mol. The summed E-state index contributed by atoms with van der Waals surface area (Å²) in [4.78, 5) is 14.2. The Labute approximate surface area is 78.6 Å². The minimum atomic E-state index is -0.780. The second-order valence-corrected chi connectivity index (χ2v) is 3.20. The molecular formula is C8H8BrNO2. The molecule has 0 saturated carbocycles. The standard InChI is InChI=1S/C8H8BrNO2/c9-7-3-1-6(5-10-7)2-4-8(11)12/h1,3,5H,2,4H2,(H,11,12). The van der Waals surface area contributed by atoms with Crippen molar-refractivity contribution in [1.29, 1.82) is 0 Å². The molecule has 0 unspecified atom stereocenters. The van der Waals surface area contributed by atoms with Crippen molar-refractivity contribution in [1.82, 2.24) is 4.98 Å². The fourth-order valence-corrected chi connectivity index (χ4v) is 1.04. The molecule has 0 radical (unpaired) electrons. The van der Waals surface area contributed by atoms with Gasteiger partial charge in [-0.2, -0.15) is 0 Å². The Balaban J connectivity index is 2.53. The summed E-state index contributed by atoms with van der Waals surface area (Å²) in [6, 6.07) is 3.66. The normalized spacial score (nSPS) is 9.75. The SMILES string of the molecule is O=C(O)CCc1ccc(Br)nc1. The van der Waals surface area contributed by atoms with Crippen LogP contribution in [0.25, 0.3) is 0 Å². The van der Waals surface area contributed by atoms with Crippen LogP contribution in [0, 0.1) is 0 Å². The van der Waals surface area contributed by atoms with Gasteiger partial charge in [0.15, 0.2) is 0 Å². The number of aromatic nitrogens is 1. The van der Waals surface area contributed by atoms with Crippen molar-refractivity contribution in [2.24, 2.45) is 0 Å². The Morgan fingerprint density at radius 2 is 2.33 bits per heavy atom. The maximum Gasteiger partial charge on any atom is 0.303 e. The van der Waals surface area contributed by atoms with Gasteiger partial charge in [0, 0.05) is 12.6 Å². The van der Waals surface area contributed by atoms with E-state index in [0.29, 0.717) is 6.42 Å². The van der Waals surface area contributed by atoms with Crippen LogP contribution >= 0.6 is 15.9 Å². The topological polar surface area (TPSA) is 50.2 Å². The van der Waals surface area contributed by atoms with Crippen LogP contribution in [-0.2, 0) is 11.2 Å². The third-order valence-electron chi connectivity index (χ3n) is 1.42. The first-order chi connectivity index (χ1) is 5.68. The second kappa shape index (κ2) is 4.21. The first kappa shape index (κ1) is 9.19. The Hall–Kier alpha value is -0.900. The molecule has 1 aromatic rings. The summed E-state index contributed by atoms with van der Waals surface area (Å²) in [5.41, 5.74) is 0.945. The number of carbonyl (C=O) groups is 1. The molecule has 1 aromatic heterocycles. The minimum absolute atomic E-state index is 0.156. The van der Waals surface area contributed by atoms with Gasteiger partial charge in [-0.3, -0.25) is 4.79 Å². The maximum atomic E-state index is 10.2. The van der Waals surface area contributed by atoms with Gasteiger partial charge in [-0.1, -0.05) is 6.07 Å². The summed E-state index contributed by atoms with van der Waals surface area (Å²) < 4.78 is 0.765. The number of aliphatic carboxylic acids is 1. The molecule has 0 spiro atoms. The van der Waals surface area contributed by atoms with Gasteiger partial charge in [0.25, 0.3) is 0 Å². The van der Waals surface area contributed by atoms with Gasteiger partial charge in [0.2, 0.25) is 0 Å². The molecule has 4 heteroatoms. The molecule has 1 N–H and O–H groups in total. The molecule has 0 aromatic carbocycles. The molecule has 0 amide bonds. The van der Waals surface area contributed by atoms with Crippen LogP contribution in [0.1, 0.15) is 12.0 Å². The number of hydrogen-bond acceptors (Lipinski definition) is 2. The molecule has 0 fully saturated rings. The van der Waals surface area contributed by atoms with Gasteiger partial charge in [-0.25, -0.2) is 4.98 Å². The molecule has 0 aliphatic carbocycles. The monoisotopic (exact) mass is 229 g/mol. The second-order valence-electron chi connectivity index (χ2n) is 2.38. The molecule has 0 bridgehead atoms. The Morgan fingerprint density at radius 3 is 2.83 bits per heavy atom. The number of carboxylic acid groups (broad SMARTS) is 1. The van der Waals surface area contributed by atoms with Crippen molar-refractivity contribution in [3.63, 3.8) is 0 Å². The van der Waals surface area contributed by atoms with E-state index in [-0.39, 0.29) is 6.42 Å².